The van der Waals surface area contributed by atoms with Gasteiger partial charge in [-0.1, -0.05) is 12.1 Å². The van der Waals surface area contributed by atoms with Gasteiger partial charge in [0.15, 0.2) is 11.8 Å². The zero-order valence-corrected chi connectivity index (χ0v) is 16.8. The van der Waals surface area contributed by atoms with Crippen LogP contribution in [0.15, 0.2) is 29.2 Å². The van der Waals surface area contributed by atoms with Crippen molar-refractivity contribution in [3.8, 4) is 0 Å². The van der Waals surface area contributed by atoms with Crippen molar-refractivity contribution in [1.29, 1.82) is 0 Å². The number of hydrogen-bond acceptors (Lipinski definition) is 4. The van der Waals surface area contributed by atoms with Gasteiger partial charge in [-0.25, -0.2) is 8.42 Å². The van der Waals surface area contributed by atoms with E-state index >= 15 is 0 Å². The fraction of sp³-hybridized carbons (Fsp3) is 0.579. The minimum absolute atomic E-state index is 0.0900. The van der Waals surface area contributed by atoms with Gasteiger partial charge in [-0.15, -0.1) is 0 Å². The molecule has 2 heterocycles. The zero-order chi connectivity index (χ0) is 19.6. The molecule has 0 radical (unpaired) electrons. The van der Waals surface area contributed by atoms with Gasteiger partial charge in [0.2, 0.25) is 10.0 Å². The maximum absolute atomic E-state index is 12.8. The molecule has 0 saturated carbocycles. The highest BCUT2D eigenvalue weighted by molar-refractivity contribution is 7.89. The number of carbonyl (C=O) groups is 2. The van der Waals surface area contributed by atoms with Crippen molar-refractivity contribution in [2.75, 3.05) is 39.3 Å². The standard InChI is InChI=1S/C19H27N3O4S/c1-15(19(24)21-9-3-4-10-21)20-11-13-22(14-12-20)27(25,26)18-7-5-17(6-8-18)16(2)23/h5-8,15H,3-4,9-14H2,1-2H3/p+1/t15-/m1/s1. The Morgan fingerprint density at radius 2 is 1.56 bits per heavy atom. The number of sulfonamides is 1. The lowest BCUT2D eigenvalue weighted by atomic mass is 10.2. The van der Waals surface area contributed by atoms with Crippen LogP contribution in [0.3, 0.4) is 0 Å². The molecule has 0 bridgehead atoms. The summed E-state index contributed by atoms with van der Waals surface area (Å²) < 4.78 is 27.2. The molecule has 2 aliphatic heterocycles. The summed E-state index contributed by atoms with van der Waals surface area (Å²) in [5, 5.41) is 0. The third kappa shape index (κ3) is 4.23. The summed E-state index contributed by atoms with van der Waals surface area (Å²) in [5.41, 5.74) is 0.498. The number of rotatable bonds is 5. The van der Waals surface area contributed by atoms with E-state index in [9.17, 15) is 18.0 Å². The predicted octanol–water partition coefficient (Wildman–Crippen LogP) is -0.211. The molecule has 148 valence electrons. The molecule has 2 aliphatic rings. The monoisotopic (exact) mass is 394 g/mol. The van der Waals surface area contributed by atoms with Crippen LogP contribution in [0.2, 0.25) is 0 Å². The molecule has 3 rings (SSSR count). The molecular weight excluding hydrogens is 366 g/mol. The number of likely N-dealkylation sites (tertiary alicyclic amines) is 1. The van der Waals surface area contributed by atoms with Gasteiger partial charge < -0.3 is 9.80 Å². The van der Waals surface area contributed by atoms with Crippen LogP contribution in [-0.2, 0) is 14.8 Å². The number of amides is 1. The van der Waals surface area contributed by atoms with Crippen LogP contribution < -0.4 is 4.90 Å². The number of hydrogen-bond donors (Lipinski definition) is 1. The average molecular weight is 395 g/mol. The Kier molecular flexibility index (Phi) is 5.98. The second kappa shape index (κ2) is 8.08. The van der Waals surface area contributed by atoms with Crippen molar-refractivity contribution < 1.29 is 22.9 Å². The van der Waals surface area contributed by atoms with Crippen molar-refractivity contribution in [3.05, 3.63) is 29.8 Å². The van der Waals surface area contributed by atoms with Crippen LogP contribution >= 0.6 is 0 Å². The van der Waals surface area contributed by atoms with Crippen molar-refractivity contribution in [3.63, 3.8) is 0 Å². The molecule has 0 spiro atoms. The van der Waals surface area contributed by atoms with Crippen molar-refractivity contribution >= 4 is 21.7 Å². The number of nitrogens with zero attached hydrogens (tertiary/aromatic N) is 2. The molecule has 2 fully saturated rings. The van der Waals surface area contributed by atoms with Crippen LogP contribution in [0.4, 0.5) is 0 Å². The molecule has 0 aromatic heterocycles. The molecule has 0 unspecified atom stereocenters. The Balaban J connectivity index is 1.62. The summed E-state index contributed by atoms with van der Waals surface area (Å²) in [6.45, 7) is 7.10. The molecule has 1 N–H and O–H groups in total. The Morgan fingerprint density at radius 1 is 1.00 bits per heavy atom. The molecule has 27 heavy (non-hydrogen) atoms. The van der Waals surface area contributed by atoms with E-state index in [2.05, 4.69) is 0 Å². The first-order valence-corrected chi connectivity index (χ1v) is 11.0. The number of carbonyl (C=O) groups excluding carboxylic acids is 2. The van der Waals surface area contributed by atoms with E-state index in [1.807, 2.05) is 11.8 Å². The third-order valence-electron chi connectivity index (χ3n) is 5.66. The van der Waals surface area contributed by atoms with Gasteiger partial charge in [-0.2, -0.15) is 4.31 Å². The first-order valence-electron chi connectivity index (χ1n) is 9.55. The van der Waals surface area contributed by atoms with Gasteiger partial charge >= 0.3 is 0 Å². The molecule has 1 amide bonds. The summed E-state index contributed by atoms with van der Waals surface area (Å²) in [6, 6.07) is 5.94. The van der Waals surface area contributed by atoms with Crippen LogP contribution in [0.5, 0.6) is 0 Å². The lowest BCUT2D eigenvalue weighted by Crippen LogP contribution is -3.19. The van der Waals surface area contributed by atoms with Crippen LogP contribution in [0.25, 0.3) is 0 Å². The molecule has 1 aromatic carbocycles. The minimum atomic E-state index is -3.58. The van der Waals surface area contributed by atoms with E-state index in [0.29, 0.717) is 31.7 Å². The second-order valence-corrected chi connectivity index (χ2v) is 9.33. The first-order chi connectivity index (χ1) is 12.8. The average Bonchev–Trinajstić information content (AvgIpc) is 3.21. The Labute approximate surface area is 161 Å². The Morgan fingerprint density at radius 3 is 2.07 bits per heavy atom. The van der Waals surface area contributed by atoms with E-state index in [-0.39, 0.29) is 22.6 Å². The van der Waals surface area contributed by atoms with Gasteiger partial charge in [0.25, 0.3) is 5.91 Å². The highest BCUT2D eigenvalue weighted by atomic mass is 32.2. The topological polar surface area (TPSA) is 79.2 Å². The third-order valence-corrected chi connectivity index (χ3v) is 7.58. The summed E-state index contributed by atoms with van der Waals surface area (Å²) in [5.74, 6) is 0.0893. The number of ketones is 1. The normalized spacial score (nSPS) is 20.6. The van der Waals surface area contributed by atoms with Gasteiger partial charge in [-0.05, 0) is 38.8 Å². The van der Waals surface area contributed by atoms with E-state index in [0.717, 1.165) is 30.8 Å². The quantitative estimate of drug-likeness (QED) is 0.701. The van der Waals surface area contributed by atoms with Gasteiger partial charge in [-0.3, -0.25) is 9.59 Å². The van der Waals surface area contributed by atoms with Crippen LogP contribution in [0, 0.1) is 0 Å². The van der Waals surface area contributed by atoms with Crippen molar-refractivity contribution in [2.45, 2.75) is 37.6 Å². The molecule has 8 heteroatoms. The van der Waals surface area contributed by atoms with Crippen LogP contribution in [-0.4, -0.2) is 74.6 Å². The van der Waals surface area contributed by atoms with Gasteiger partial charge in [0, 0.05) is 18.7 Å². The minimum Gasteiger partial charge on any atom is -0.338 e. The number of quaternary nitrogens is 1. The van der Waals surface area contributed by atoms with Crippen LogP contribution in [0.1, 0.15) is 37.0 Å². The summed E-state index contributed by atoms with van der Waals surface area (Å²) in [6.07, 6.45) is 2.14. The zero-order valence-electron chi connectivity index (χ0n) is 16.0. The first kappa shape index (κ1) is 20.0. The molecule has 1 atom stereocenters. The highest BCUT2D eigenvalue weighted by Gasteiger charge is 2.36. The predicted molar refractivity (Wildman–Crippen MR) is 101 cm³/mol. The molecular formula is C19H28N3O4S+. The fourth-order valence-corrected chi connectivity index (χ4v) is 5.28. The van der Waals surface area contributed by atoms with Gasteiger partial charge in [0.1, 0.15) is 0 Å². The molecule has 1 aromatic rings. The lowest BCUT2D eigenvalue weighted by Gasteiger charge is -2.35. The number of piperazine rings is 1. The van der Waals surface area contributed by atoms with E-state index in [1.54, 1.807) is 12.1 Å². The highest BCUT2D eigenvalue weighted by Crippen LogP contribution is 2.17. The summed E-state index contributed by atoms with van der Waals surface area (Å²) >= 11 is 0. The van der Waals surface area contributed by atoms with E-state index in [4.69, 9.17) is 0 Å². The maximum Gasteiger partial charge on any atom is 0.280 e. The SMILES string of the molecule is CC(=O)c1ccc(S(=O)(=O)N2CC[NH+]([C@H](C)C(=O)N3CCCC3)CC2)cc1. The lowest BCUT2D eigenvalue weighted by molar-refractivity contribution is -0.918. The summed E-state index contributed by atoms with van der Waals surface area (Å²) in [4.78, 5) is 27.2. The Bertz CT molecular complexity index is 793. The maximum atomic E-state index is 12.8. The van der Waals surface area contributed by atoms with Gasteiger partial charge in [0.05, 0.1) is 31.1 Å². The second-order valence-electron chi connectivity index (χ2n) is 7.40. The molecule has 0 aliphatic carbocycles. The molecule has 7 nitrogen and oxygen atoms in total. The van der Waals surface area contributed by atoms with Crippen molar-refractivity contribution in [1.82, 2.24) is 9.21 Å². The number of benzene rings is 1. The van der Waals surface area contributed by atoms with Crippen molar-refractivity contribution in [2.24, 2.45) is 0 Å². The number of Topliss-reactive ketones (excluding diaryl/α,β-unsaturated/α-hetero) is 1. The smallest absolute Gasteiger partial charge is 0.280 e. The largest absolute Gasteiger partial charge is 0.338 e. The number of nitrogens with one attached hydrogen (secondary N) is 1. The van der Waals surface area contributed by atoms with E-state index in [1.165, 1.54) is 23.4 Å². The van der Waals surface area contributed by atoms with E-state index < -0.39 is 10.0 Å². The summed E-state index contributed by atoms with van der Waals surface area (Å²) in [7, 11) is -3.58. The fourth-order valence-electron chi connectivity index (χ4n) is 3.84. The Hall–Kier alpha value is -1.77. The molecule has 2 saturated heterocycles.